The van der Waals surface area contributed by atoms with E-state index in [9.17, 15) is 4.79 Å². The standard InChI is InChI=1S/C9H15Cl3O2/c1-6(2)5-14-8(13)4-7(3)9(10,11)12/h6-7H,4-5H2,1-3H3. The summed E-state index contributed by atoms with van der Waals surface area (Å²) >= 11 is 16.8. The van der Waals surface area contributed by atoms with E-state index in [2.05, 4.69) is 0 Å². The molecule has 0 saturated heterocycles. The minimum Gasteiger partial charge on any atom is -0.465 e. The molecule has 1 atom stereocenters. The Balaban J connectivity index is 3.84. The number of hydrogen-bond donors (Lipinski definition) is 0. The van der Waals surface area contributed by atoms with Crippen LogP contribution >= 0.6 is 34.8 Å². The van der Waals surface area contributed by atoms with Crippen LogP contribution in [0.2, 0.25) is 0 Å². The summed E-state index contributed by atoms with van der Waals surface area (Å²) in [6.45, 7) is 6.03. The molecule has 0 aromatic carbocycles. The number of hydrogen-bond acceptors (Lipinski definition) is 2. The zero-order valence-corrected chi connectivity index (χ0v) is 10.8. The van der Waals surface area contributed by atoms with Gasteiger partial charge in [-0.1, -0.05) is 55.6 Å². The predicted octanol–water partition coefficient (Wildman–Crippen LogP) is 3.58. The van der Waals surface area contributed by atoms with Gasteiger partial charge < -0.3 is 4.74 Å². The van der Waals surface area contributed by atoms with Gasteiger partial charge in [-0.2, -0.15) is 0 Å². The van der Waals surface area contributed by atoms with Gasteiger partial charge in [0.25, 0.3) is 0 Å². The van der Waals surface area contributed by atoms with Gasteiger partial charge in [-0.3, -0.25) is 4.79 Å². The second kappa shape index (κ2) is 6.04. The Morgan fingerprint density at radius 1 is 1.29 bits per heavy atom. The molecule has 0 bridgehead atoms. The van der Waals surface area contributed by atoms with Gasteiger partial charge in [-0.05, 0) is 5.92 Å². The minimum atomic E-state index is -1.41. The lowest BCUT2D eigenvalue weighted by Crippen LogP contribution is -2.21. The van der Waals surface area contributed by atoms with E-state index in [1.807, 2.05) is 13.8 Å². The van der Waals surface area contributed by atoms with E-state index in [1.54, 1.807) is 6.92 Å². The van der Waals surface area contributed by atoms with Crippen molar-refractivity contribution in [3.63, 3.8) is 0 Å². The van der Waals surface area contributed by atoms with Crippen LogP contribution in [0.5, 0.6) is 0 Å². The fourth-order valence-electron chi connectivity index (χ4n) is 0.684. The Labute approximate surface area is 99.8 Å². The van der Waals surface area contributed by atoms with E-state index in [1.165, 1.54) is 0 Å². The van der Waals surface area contributed by atoms with Crippen LogP contribution in [-0.2, 0) is 9.53 Å². The molecule has 14 heavy (non-hydrogen) atoms. The molecule has 0 fully saturated rings. The maximum absolute atomic E-state index is 11.2. The van der Waals surface area contributed by atoms with Crippen LogP contribution in [-0.4, -0.2) is 16.4 Å². The van der Waals surface area contributed by atoms with Crippen molar-refractivity contribution in [3.8, 4) is 0 Å². The van der Waals surface area contributed by atoms with Crippen molar-refractivity contribution in [1.29, 1.82) is 0 Å². The molecule has 0 saturated carbocycles. The lowest BCUT2D eigenvalue weighted by molar-refractivity contribution is -0.145. The largest absolute Gasteiger partial charge is 0.465 e. The summed E-state index contributed by atoms with van der Waals surface area (Å²) in [5.41, 5.74) is 0. The number of esters is 1. The van der Waals surface area contributed by atoms with Crippen LogP contribution in [0.1, 0.15) is 27.2 Å². The zero-order valence-electron chi connectivity index (χ0n) is 8.52. The molecule has 84 valence electrons. The molecular formula is C9H15Cl3O2. The molecular weight excluding hydrogens is 246 g/mol. The van der Waals surface area contributed by atoms with Gasteiger partial charge in [-0.25, -0.2) is 0 Å². The second-order valence-electron chi connectivity index (χ2n) is 3.72. The van der Waals surface area contributed by atoms with Crippen molar-refractivity contribution in [2.24, 2.45) is 11.8 Å². The summed E-state index contributed by atoms with van der Waals surface area (Å²) in [7, 11) is 0. The van der Waals surface area contributed by atoms with Crippen molar-refractivity contribution in [2.45, 2.75) is 31.0 Å². The summed E-state index contributed by atoms with van der Waals surface area (Å²) in [5.74, 6) is -0.341. The summed E-state index contributed by atoms with van der Waals surface area (Å²) in [6, 6.07) is 0. The first-order valence-electron chi connectivity index (χ1n) is 4.45. The fourth-order valence-corrected chi connectivity index (χ4v) is 0.916. The van der Waals surface area contributed by atoms with Crippen LogP contribution in [0, 0.1) is 11.8 Å². The molecule has 0 aliphatic carbocycles. The van der Waals surface area contributed by atoms with Crippen molar-refractivity contribution < 1.29 is 9.53 Å². The van der Waals surface area contributed by atoms with Crippen molar-refractivity contribution in [3.05, 3.63) is 0 Å². The predicted molar refractivity (Wildman–Crippen MR) is 59.9 cm³/mol. The lowest BCUT2D eigenvalue weighted by atomic mass is 10.1. The molecule has 0 radical (unpaired) electrons. The zero-order chi connectivity index (χ0) is 11.4. The highest BCUT2D eigenvalue weighted by atomic mass is 35.6. The molecule has 0 aliphatic rings. The van der Waals surface area contributed by atoms with Gasteiger partial charge in [-0.15, -0.1) is 0 Å². The van der Waals surface area contributed by atoms with Crippen LogP contribution in [0.4, 0.5) is 0 Å². The smallest absolute Gasteiger partial charge is 0.306 e. The first kappa shape index (κ1) is 14.3. The fraction of sp³-hybridized carbons (Fsp3) is 0.889. The third kappa shape index (κ3) is 6.74. The van der Waals surface area contributed by atoms with Crippen LogP contribution in [0.3, 0.4) is 0 Å². The molecule has 1 unspecified atom stereocenters. The Bertz CT molecular complexity index is 187. The number of halogens is 3. The summed E-state index contributed by atoms with van der Waals surface area (Å²) in [6.07, 6.45) is 0.128. The normalized spacial score (nSPS) is 14.2. The monoisotopic (exact) mass is 260 g/mol. The molecule has 0 aromatic rings. The van der Waals surface area contributed by atoms with Crippen LogP contribution in [0.15, 0.2) is 0 Å². The maximum atomic E-state index is 11.2. The number of carbonyl (C=O) groups excluding carboxylic acids is 1. The van der Waals surface area contributed by atoms with E-state index in [4.69, 9.17) is 39.5 Å². The number of alkyl halides is 3. The van der Waals surface area contributed by atoms with Crippen molar-refractivity contribution >= 4 is 40.8 Å². The molecule has 0 aliphatic heterocycles. The van der Waals surface area contributed by atoms with Crippen LogP contribution < -0.4 is 0 Å². The number of ether oxygens (including phenoxy) is 1. The van der Waals surface area contributed by atoms with Crippen LogP contribution in [0.25, 0.3) is 0 Å². The van der Waals surface area contributed by atoms with Gasteiger partial charge in [0.1, 0.15) is 0 Å². The summed E-state index contributed by atoms with van der Waals surface area (Å²) < 4.78 is 3.55. The first-order valence-corrected chi connectivity index (χ1v) is 5.59. The van der Waals surface area contributed by atoms with Gasteiger partial charge in [0.15, 0.2) is 3.79 Å². The Kier molecular flexibility index (Phi) is 6.19. The molecule has 2 nitrogen and oxygen atoms in total. The third-order valence-corrected chi connectivity index (χ3v) is 2.73. The number of rotatable bonds is 4. The van der Waals surface area contributed by atoms with E-state index in [-0.39, 0.29) is 18.3 Å². The summed E-state index contributed by atoms with van der Waals surface area (Å²) in [4.78, 5) is 11.2. The van der Waals surface area contributed by atoms with E-state index in [0.717, 1.165) is 0 Å². The van der Waals surface area contributed by atoms with Crippen molar-refractivity contribution in [1.82, 2.24) is 0 Å². The summed E-state index contributed by atoms with van der Waals surface area (Å²) in [5, 5.41) is 0. The minimum absolute atomic E-state index is 0.128. The second-order valence-corrected chi connectivity index (χ2v) is 6.09. The molecule has 0 aromatic heterocycles. The molecule has 5 heteroatoms. The maximum Gasteiger partial charge on any atom is 0.306 e. The average molecular weight is 262 g/mol. The van der Waals surface area contributed by atoms with Gasteiger partial charge in [0.2, 0.25) is 0 Å². The SMILES string of the molecule is CC(C)COC(=O)CC(C)C(Cl)(Cl)Cl. The molecule has 0 spiro atoms. The quantitative estimate of drug-likeness (QED) is 0.571. The highest BCUT2D eigenvalue weighted by Gasteiger charge is 2.30. The van der Waals surface area contributed by atoms with Gasteiger partial charge >= 0.3 is 5.97 Å². The Morgan fingerprint density at radius 2 is 1.79 bits per heavy atom. The highest BCUT2D eigenvalue weighted by Crippen LogP contribution is 2.36. The first-order chi connectivity index (χ1) is 6.23. The lowest BCUT2D eigenvalue weighted by Gasteiger charge is -2.19. The molecule has 0 rings (SSSR count). The highest BCUT2D eigenvalue weighted by molar-refractivity contribution is 6.67. The van der Waals surface area contributed by atoms with E-state index in [0.29, 0.717) is 12.5 Å². The van der Waals surface area contributed by atoms with E-state index >= 15 is 0 Å². The topological polar surface area (TPSA) is 26.3 Å². The number of carbonyl (C=O) groups is 1. The van der Waals surface area contributed by atoms with Gasteiger partial charge in [0.05, 0.1) is 13.0 Å². The Hall–Kier alpha value is 0.340. The van der Waals surface area contributed by atoms with E-state index < -0.39 is 3.79 Å². The molecule has 0 N–H and O–H groups in total. The van der Waals surface area contributed by atoms with Crippen molar-refractivity contribution in [2.75, 3.05) is 6.61 Å². The average Bonchev–Trinajstić information content (AvgIpc) is 1.99. The molecule has 0 amide bonds. The van der Waals surface area contributed by atoms with Gasteiger partial charge in [0, 0.05) is 5.92 Å². The Morgan fingerprint density at radius 3 is 2.14 bits per heavy atom. The molecule has 0 heterocycles. The third-order valence-electron chi connectivity index (χ3n) is 1.61.